The summed E-state index contributed by atoms with van der Waals surface area (Å²) in [7, 11) is 1.61. The van der Waals surface area contributed by atoms with Gasteiger partial charge in [0.25, 0.3) is 5.91 Å². The van der Waals surface area contributed by atoms with Crippen LogP contribution in [0.5, 0.6) is 11.5 Å². The number of benzene rings is 1. The Hall–Kier alpha value is -3.00. The first-order valence-corrected chi connectivity index (χ1v) is 6.70. The molecule has 1 heterocycles. The van der Waals surface area contributed by atoms with Crippen LogP contribution in [0.3, 0.4) is 0 Å². The molecule has 0 saturated carbocycles. The number of rotatable bonds is 5. The Morgan fingerprint density at radius 1 is 1.23 bits per heavy atom. The molecule has 0 aliphatic carbocycles. The second-order valence-electron chi connectivity index (χ2n) is 4.28. The Morgan fingerprint density at radius 2 is 2.05 bits per heavy atom. The van der Waals surface area contributed by atoms with Crippen LogP contribution in [0.4, 0.5) is 0 Å². The highest BCUT2D eigenvalue weighted by molar-refractivity contribution is 5.77. The lowest BCUT2D eigenvalue weighted by atomic mass is 10.2. The first-order valence-electron chi connectivity index (χ1n) is 6.70. The second-order valence-corrected chi connectivity index (χ2v) is 4.28. The van der Waals surface area contributed by atoms with Gasteiger partial charge < -0.3 is 14.8 Å². The lowest BCUT2D eigenvalue weighted by Gasteiger charge is -2.04. The van der Waals surface area contributed by atoms with Crippen LogP contribution in [-0.2, 0) is 4.79 Å². The third kappa shape index (κ3) is 5.17. The molecule has 1 aromatic heterocycles. The van der Waals surface area contributed by atoms with Gasteiger partial charge >= 0.3 is 0 Å². The molecule has 2 aromatic rings. The van der Waals surface area contributed by atoms with Crippen molar-refractivity contribution in [1.29, 1.82) is 0 Å². The third-order valence-electron chi connectivity index (χ3n) is 2.70. The summed E-state index contributed by atoms with van der Waals surface area (Å²) in [4.78, 5) is 15.5. The smallest absolute Gasteiger partial charge is 0.258 e. The monoisotopic (exact) mass is 296 g/mol. The van der Waals surface area contributed by atoms with E-state index in [1.165, 1.54) is 0 Å². The van der Waals surface area contributed by atoms with Crippen LogP contribution in [0, 0.1) is 11.8 Å². The largest absolute Gasteiger partial charge is 0.497 e. The molecule has 1 amide bonds. The summed E-state index contributed by atoms with van der Waals surface area (Å²) in [6.45, 7) is 0.206. The van der Waals surface area contributed by atoms with E-state index in [-0.39, 0.29) is 19.1 Å². The van der Waals surface area contributed by atoms with Crippen LogP contribution < -0.4 is 14.8 Å². The van der Waals surface area contributed by atoms with Gasteiger partial charge in [-0.1, -0.05) is 11.8 Å². The van der Waals surface area contributed by atoms with E-state index in [2.05, 4.69) is 22.1 Å². The molecule has 0 bridgehead atoms. The van der Waals surface area contributed by atoms with Crippen molar-refractivity contribution in [2.75, 3.05) is 20.3 Å². The maximum absolute atomic E-state index is 11.6. The number of carbonyl (C=O) groups is 1. The quantitative estimate of drug-likeness (QED) is 0.852. The molecule has 5 heteroatoms. The number of methoxy groups -OCH3 is 1. The molecule has 0 unspecified atom stereocenters. The maximum Gasteiger partial charge on any atom is 0.258 e. The van der Waals surface area contributed by atoms with Crippen LogP contribution in [0.15, 0.2) is 48.8 Å². The Balaban J connectivity index is 1.71. The van der Waals surface area contributed by atoms with Gasteiger partial charge in [-0.25, -0.2) is 0 Å². The van der Waals surface area contributed by atoms with Crippen molar-refractivity contribution in [3.63, 3.8) is 0 Å². The summed E-state index contributed by atoms with van der Waals surface area (Å²) < 4.78 is 10.3. The topological polar surface area (TPSA) is 60.5 Å². The van der Waals surface area contributed by atoms with Gasteiger partial charge in [-0.2, -0.15) is 0 Å². The minimum atomic E-state index is -0.229. The van der Waals surface area contributed by atoms with Crippen molar-refractivity contribution < 1.29 is 14.3 Å². The Kier molecular flexibility index (Phi) is 5.82. The molecule has 0 radical (unpaired) electrons. The van der Waals surface area contributed by atoms with Gasteiger partial charge in [0, 0.05) is 11.8 Å². The van der Waals surface area contributed by atoms with Gasteiger partial charge in [0.1, 0.15) is 11.5 Å². The molecule has 0 spiro atoms. The minimum absolute atomic E-state index is 0.0596. The van der Waals surface area contributed by atoms with Gasteiger partial charge in [-0.15, -0.1) is 0 Å². The normalized spacial score (nSPS) is 9.32. The second kappa shape index (κ2) is 8.32. The van der Waals surface area contributed by atoms with Crippen LogP contribution >= 0.6 is 0 Å². The lowest BCUT2D eigenvalue weighted by molar-refractivity contribution is -0.122. The number of pyridine rings is 1. The van der Waals surface area contributed by atoms with Crippen LogP contribution in [0.2, 0.25) is 0 Å². The van der Waals surface area contributed by atoms with Crippen molar-refractivity contribution in [2.45, 2.75) is 0 Å². The standard InChI is InChI=1S/C17H16N2O3/c1-21-15-8-6-14(7-9-15)4-2-11-19-17(20)13-22-16-5-3-10-18-12-16/h3,5-10,12H,11,13H2,1H3,(H,19,20). The van der Waals surface area contributed by atoms with E-state index in [1.807, 2.05) is 24.3 Å². The number of nitrogens with zero attached hydrogens (tertiary/aromatic N) is 1. The molecule has 22 heavy (non-hydrogen) atoms. The number of ether oxygens (including phenoxy) is 2. The maximum atomic E-state index is 11.6. The summed E-state index contributed by atoms with van der Waals surface area (Å²) in [5.74, 6) is 6.94. The summed E-state index contributed by atoms with van der Waals surface area (Å²) in [6.07, 6.45) is 3.19. The van der Waals surface area contributed by atoms with E-state index in [0.717, 1.165) is 11.3 Å². The van der Waals surface area contributed by atoms with E-state index >= 15 is 0 Å². The van der Waals surface area contributed by atoms with Crippen molar-refractivity contribution in [1.82, 2.24) is 10.3 Å². The van der Waals surface area contributed by atoms with Crippen molar-refractivity contribution >= 4 is 5.91 Å². The van der Waals surface area contributed by atoms with Crippen molar-refractivity contribution in [3.8, 4) is 23.3 Å². The summed E-state index contributed by atoms with van der Waals surface area (Å²) in [5, 5.41) is 2.66. The number of carbonyl (C=O) groups excluding carboxylic acids is 1. The zero-order valence-corrected chi connectivity index (χ0v) is 12.2. The highest BCUT2D eigenvalue weighted by atomic mass is 16.5. The molecular formula is C17H16N2O3. The molecule has 1 N–H and O–H groups in total. The molecule has 0 aliphatic heterocycles. The zero-order chi connectivity index (χ0) is 15.6. The van der Waals surface area contributed by atoms with Crippen LogP contribution in [0.25, 0.3) is 0 Å². The average Bonchev–Trinajstić information content (AvgIpc) is 2.58. The van der Waals surface area contributed by atoms with Gasteiger partial charge in [-0.3, -0.25) is 9.78 Å². The first kappa shape index (κ1) is 15.4. The predicted molar refractivity (Wildman–Crippen MR) is 82.6 cm³/mol. The number of hydrogen-bond acceptors (Lipinski definition) is 4. The Labute approximate surface area is 129 Å². The fraction of sp³-hybridized carbons (Fsp3) is 0.176. The Bertz CT molecular complexity index is 658. The van der Waals surface area contributed by atoms with Crippen molar-refractivity contribution in [3.05, 3.63) is 54.4 Å². The molecule has 1 aromatic carbocycles. The van der Waals surface area contributed by atoms with Crippen molar-refractivity contribution in [2.24, 2.45) is 0 Å². The molecule has 0 atom stereocenters. The molecule has 0 aliphatic rings. The fourth-order valence-electron chi connectivity index (χ4n) is 1.60. The molecule has 0 saturated heterocycles. The van der Waals surface area contributed by atoms with E-state index in [1.54, 1.807) is 31.6 Å². The van der Waals surface area contributed by atoms with Gasteiger partial charge in [0.15, 0.2) is 6.61 Å². The van der Waals surface area contributed by atoms with E-state index < -0.39 is 0 Å². The first-order chi connectivity index (χ1) is 10.8. The molecular weight excluding hydrogens is 280 g/mol. The molecule has 0 fully saturated rings. The van der Waals surface area contributed by atoms with E-state index in [0.29, 0.717) is 5.75 Å². The highest BCUT2D eigenvalue weighted by Crippen LogP contribution is 2.10. The van der Waals surface area contributed by atoms with E-state index in [4.69, 9.17) is 9.47 Å². The van der Waals surface area contributed by atoms with Gasteiger partial charge in [0.05, 0.1) is 19.9 Å². The zero-order valence-electron chi connectivity index (χ0n) is 12.2. The highest BCUT2D eigenvalue weighted by Gasteiger charge is 2.00. The number of amides is 1. The third-order valence-corrected chi connectivity index (χ3v) is 2.70. The molecule has 2 rings (SSSR count). The number of nitrogens with one attached hydrogen (secondary N) is 1. The van der Waals surface area contributed by atoms with Crippen LogP contribution in [0.1, 0.15) is 5.56 Å². The summed E-state index contributed by atoms with van der Waals surface area (Å²) in [5.41, 5.74) is 0.863. The SMILES string of the molecule is COc1ccc(C#CCNC(=O)COc2cccnc2)cc1. The van der Waals surface area contributed by atoms with Crippen LogP contribution in [-0.4, -0.2) is 31.2 Å². The number of hydrogen-bond donors (Lipinski definition) is 1. The summed E-state index contributed by atoms with van der Waals surface area (Å²) in [6, 6.07) is 10.9. The lowest BCUT2D eigenvalue weighted by Crippen LogP contribution is -2.29. The summed E-state index contributed by atoms with van der Waals surface area (Å²) >= 11 is 0. The predicted octanol–water partition coefficient (Wildman–Crippen LogP) is 1.64. The fourth-order valence-corrected chi connectivity index (χ4v) is 1.60. The Morgan fingerprint density at radius 3 is 2.73 bits per heavy atom. The van der Waals surface area contributed by atoms with Gasteiger partial charge in [0.2, 0.25) is 0 Å². The molecule has 5 nitrogen and oxygen atoms in total. The average molecular weight is 296 g/mol. The van der Waals surface area contributed by atoms with Gasteiger partial charge in [-0.05, 0) is 36.4 Å². The molecule has 112 valence electrons. The minimum Gasteiger partial charge on any atom is -0.497 e. The van der Waals surface area contributed by atoms with E-state index in [9.17, 15) is 4.79 Å². The number of aromatic nitrogens is 1.